The van der Waals surface area contributed by atoms with Gasteiger partial charge in [-0.15, -0.1) is 0 Å². The SMILES string of the molecule is COc1cccc(OC)c1C(=O)C1=C(O[Si](C)(C)C(C)(C)C)C(=O)C(C)=CC1=O. The lowest BCUT2D eigenvalue weighted by atomic mass is 9.90. The summed E-state index contributed by atoms with van der Waals surface area (Å²) >= 11 is 0. The van der Waals surface area contributed by atoms with Gasteiger partial charge in [0.25, 0.3) is 8.32 Å². The molecule has 0 aliphatic heterocycles. The summed E-state index contributed by atoms with van der Waals surface area (Å²) in [4.78, 5) is 39.3. The van der Waals surface area contributed by atoms with Crippen molar-refractivity contribution in [2.24, 2.45) is 0 Å². The molecule has 0 heterocycles. The molecule has 0 unspecified atom stereocenters. The van der Waals surface area contributed by atoms with E-state index in [0.29, 0.717) is 0 Å². The van der Waals surface area contributed by atoms with Gasteiger partial charge in [0.15, 0.2) is 11.5 Å². The fraction of sp³-hybridized carbons (Fsp3) is 0.409. The quantitative estimate of drug-likeness (QED) is 0.298. The van der Waals surface area contributed by atoms with E-state index in [1.54, 1.807) is 25.1 Å². The minimum Gasteiger partial charge on any atom is -0.540 e. The Morgan fingerprint density at radius 1 is 1.00 bits per heavy atom. The Hall–Kier alpha value is -2.67. The fourth-order valence-electron chi connectivity index (χ4n) is 2.66. The third-order valence-corrected chi connectivity index (χ3v) is 9.76. The summed E-state index contributed by atoms with van der Waals surface area (Å²) in [6.45, 7) is 11.5. The Labute approximate surface area is 172 Å². The summed E-state index contributed by atoms with van der Waals surface area (Å²) in [6.07, 6.45) is 1.18. The van der Waals surface area contributed by atoms with Crippen LogP contribution in [0.4, 0.5) is 0 Å². The van der Waals surface area contributed by atoms with Crippen LogP contribution in [0.25, 0.3) is 0 Å². The first kappa shape index (κ1) is 22.6. The van der Waals surface area contributed by atoms with Crippen molar-refractivity contribution in [3.8, 4) is 11.5 Å². The molecule has 0 saturated heterocycles. The number of hydrogen-bond donors (Lipinski definition) is 0. The molecular weight excluding hydrogens is 388 g/mol. The Morgan fingerprint density at radius 3 is 1.97 bits per heavy atom. The number of allylic oxidation sites excluding steroid dienone is 3. The number of carbonyl (C=O) groups is 3. The van der Waals surface area contributed by atoms with E-state index in [1.807, 2.05) is 33.9 Å². The lowest BCUT2D eigenvalue weighted by Gasteiger charge is -2.37. The molecule has 7 heteroatoms. The van der Waals surface area contributed by atoms with Crippen molar-refractivity contribution < 1.29 is 28.3 Å². The van der Waals surface area contributed by atoms with E-state index < -0.39 is 25.7 Å². The van der Waals surface area contributed by atoms with Gasteiger partial charge in [0, 0.05) is 5.57 Å². The first-order chi connectivity index (χ1) is 13.4. The van der Waals surface area contributed by atoms with Gasteiger partial charge in [0.1, 0.15) is 22.6 Å². The van der Waals surface area contributed by atoms with E-state index >= 15 is 0 Å². The molecule has 0 N–H and O–H groups in total. The molecule has 0 fully saturated rings. The van der Waals surface area contributed by atoms with Gasteiger partial charge >= 0.3 is 0 Å². The summed E-state index contributed by atoms with van der Waals surface area (Å²) in [6, 6.07) is 4.87. The number of benzene rings is 1. The van der Waals surface area contributed by atoms with Crippen molar-refractivity contribution in [3.05, 3.63) is 46.7 Å². The molecule has 0 spiro atoms. The lowest BCUT2D eigenvalue weighted by molar-refractivity contribution is -0.117. The Bertz CT molecular complexity index is 909. The van der Waals surface area contributed by atoms with Crippen molar-refractivity contribution in [3.63, 3.8) is 0 Å². The topological polar surface area (TPSA) is 78.9 Å². The summed E-state index contributed by atoms with van der Waals surface area (Å²) in [5.74, 6) is -1.35. The zero-order valence-corrected chi connectivity index (χ0v) is 19.3. The highest BCUT2D eigenvalue weighted by Gasteiger charge is 2.44. The van der Waals surface area contributed by atoms with Gasteiger partial charge in [-0.05, 0) is 43.3 Å². The van der Waals surface area contributed by atoms with E-state index in [2.05, 4.69) is 0 Å². The zero-order chi connectivity index (χ0) is 22.1. The molecule has 1 aromatic rings. The second-order valence-electron chi connectivity index (χ2n) is 8.45. The average molecular weight is 417 g/mol. The van der Waals surface area contributed by atoms with Crippen LogP contribution in [0.5, 0.6) is 11.5 Å². The summed E-state index contributed by atoms with van der Waals surface area (Å²) in [5, 5.41) is -0.228. The van der Waals surface area contributed by atoms with Crippen LogP contribution in [0.15, 0.2) is 41.2 Å². The van der Waals surface area contributed by atoms with Crippen LogP contribution in [-0.2, 0) is 14.0 Å². The lowest BCUT2D eigenvalue weighted by Crippen LogP contribution is -2.43. The second-order valence-corrected chi connectivity index (χ2v) is 13.2. The molecule has 6 nitrogen and oxygen atoms in total. The molecule has 1 aromatic carbocycles. The second kappa shape index (κ2) is 7.98. The van der Waals surface area contributed by atoms with E-state index in [9.17, 15) is 14.4 Å². The van der Waals surface area contributed by atoms with Crippen LogP contribution >= 0.6 is 0 Å². The van der Waals surface area contributed by atoms with Crippen molar-refractivity contribution in [1.29, 1.82) is 0 Å². The first-order valence-corrected chi connectivity index (χ1v) is 12.2. The molecule has 0 aromatic heterocycles. The Kier molecular flexibility index (Phi) is 6.23. The van der Waals surface area contributed by atoms with Crippen LogP contribution in [-0.4, -0.2) is 39.9 Å². The summed E-state index contributed by atoms with van der Waals surface area (Å²) in [5.41, 5.74) is 0.0402. The maximum absolute atomic E-state index is 13.5. The molecule has 0 atom stereocenters. The summed E-state index contributed by atoms with van der Waals surface area (Å²) in [7, 11) is 0.344. The van der Waals surface area contributed by atoms with Gasteiger partial charge in [0.05, 0.1) is 14.2 Å². The Morgan fingerprint density at radius 2 is 1.52 bits per heavy atom. The zero-order valence-electron chi connectivity index (χ0n) is 18.3. The van der Waals surface area contributed by atoms with Crippen molar-refractivity contribution in [2.75, 3.05) is 14.2 Å². The third kappa shape index (κ3) is 4.19. The van der Waals surface area contributed by atoms with Crippen LogP contribution < -0.4 is 9.47 Å². The number of methoxy groups -OCH3 is 2. The molecule has 0 bridgehead atoms. The van der Waals surface area contributed by atoms with Gasteiger partial charge in [-0.1, -0.05) is 26.8 Å². The molecule has 1 aliphatic carbocycles. The van der Waals surface area contributed by atoms with E-state index in [1.165, 1.54) is 20.3 Å². The highest BCUT2D eigenvalue weighted by molar-refractivity contribution is 6.74. The minimum atomic E-state index is -2.50. The van der Waals surface area contributed by atoms with Crippen LogP contribution in [0.1, 0.15) is 38.1 Å². The molecule has 156 valence electrons. The highest BCUT2D eigenvalue weighted by atomic mass is 28.4. The van der Waals surface area contributed by atoms with Crippen molar-refractivity contribution >= 4 is 25.7 Å². The van der Waals surface area contributed by atoms with Gasteiger partial charge in [0.2, 0.25) is 11.6 Å². The Balaban J connectivity index is 2.74. The number of carbonyl (C=O) groups excluding carboxylic acids is 3. The van der Waals surface area contributed by atoms with Crippen LogP contribution in [0.2, 0.25) is 18.1 Å². The number of ketones is 3. The third-order valence-electron chi connectivity index (χ3n) is 5.43. The number of rotatable bonds is 6. The molecule has 29 heavy (non-hydrogen) atoms. The average Bonchev–Trinajstić information content (AvgIpc) is 2.63. The largest absolute Gasteiger partial charge is 0.540 e. The fourth-order valence-corrected chi connectivity index (χ4v) is 3.67. The summed E-state index contributed by atoms with van der Waals surface area (Å²) < 4.78 is 16.8. The van der Waals surface area contributed by atoms with E-state index in [4.69, 9.17) is 13.9 Å². The first-order valence-electron chi connectivity index (χ1n) is 9.32. The van der Waals surface area contributed by atoms with Gasteiger partial charge in [-0.2, -0.15) is 0 Å². The maximum Gasteiger partial charge on any atom is 0.250 e. The molecule has 2 rings (SSSR count). The smallest absolute Gasteiger partial charge is 0.250 e. The monoisotopic (exact) mass is 416 g/mol. The predicted octanol–water partition coefficient (Wildman–Crippen LogP) is 4.26. The predicted molar refractivity (Wildman–Crippen MR) is 113 cm³/mol. The molecule has 0 radical (unpaired) electrons. The highest BCUT2D eigenvalue weighted by Crippen LogP contribution is 2.40. The molecule has 1 aliphatic rings. The molecular formula is C22H28O6Si. The van der Waals surface area contributed by atoms with Crippen LogP contribution in [0, 0.1) is 0 Å². The standard InChI is InChI=1S/C22H28O6Si/c1-13-12-14(23)17(21(19(13)24)28-29(7,8)22(2,3)4)20(25)18-15(26-5)10-9-11-16(18)27-6/h9-12H,1-8H3. The number of Topliss-reactive ketones (excluding diaryl/α,β-unsaturated/α-hetero) is 2. The number of ether oxygens (including phenoxy) is 2. The van der Waals surface area contributed by atoms with Gasteiger partial charge in [-0.25, -0.2) is 0 Å². The van der Waals surface area contributed by atoms with Crippen molar-refractivity contribution in [2.45, 2.75) is 45.8 Å². The van der Waals surface area contributed by atoms with E-state index in [0.717, 1.165) is 0 Å². The molecule has 0 amide bonds. The number of hydrogen-bond acceptors (Lipinski definition) is 6. The van der Waals surface area contributed by atoms with Gasteiger partial charge in [-0.3, -0.25) is 14.4 Å². The van der Waals surface area contributed by atoms with Crippen LogP contribution in [0.3, 0.4) is 0 Å². The van der Waals surface area contributed by atoms with Gasteiger partial charge < -0.3 is 13.9 Å². The van der Waals surface area contributed by atoms with E-state index in [-0.39, 0.29) is 39.0 Å². The van der Waals surface area contributed by atoms with Crippen molar-refractivity contribution in [1.82, 2.24) is 0 Å². The normalized spacial score (nSPS) is 15.2. The maximum atomic E-state index is 13.5. The minimum absolute atomic E-state index is 0.0814. The molecule has 0 saturated carbocycles.